The predicted molar refractivity (Wildman–Crippen MR) is 167 cm³/mol. The van der Waals surface area contributed by atoms with Crippen molar-refractivity contribution in [1.82, 2.24) is 5.43 Å². The zero-order chi connectivity index (χ0) is 32.5. The van der Waals surface area contributed by atoms with Gasteiger partial charge in [-0.3, -0.25) is 4.79 Å². The van der Waals surface area contributed by atoms with Gasteiger partial charge in [0.05, 0.1) is 35.9 Å². The van der Waals surface area contributed by atoms with E-state index in [1.807, 2.05) is 81.4 Å². The lowest BCUT2D eigenvalue weighted by Crippen LogP contribution is -2.60. The number of hydrogen-bond acceptors (Lipinski definition) is 9. The van der Waals surface area contributed by atoms with E-state index in [-0.39, 0.29) is 29.8 Å². The van der Waals surface area contributed by atoms with Crippen molar-refractivity contribution in [2.75, 3.05) is 0 Å². The quantitative estimate of drug-likeness (QED) is 0.402. The van der Waals surface area contributed by atoms with Crippen LogP contribution in [0.3, 0.4) is 0 Å². The van der Waals surface area contributed by atoms with Gasteiger partial charge in [-0.05, 0) is 32.6 Å². The molecule has 246 valence electrons. The molecule has 13 atom stereocenters. The summed E-state index contributed by atoms with van der Waals surface area (Å²) in [6.45, 7) is 13.2. The van der Waals surface area contributed by atoms with Gasteiger partial charge in [0.1, 0.15) is 11.6 Å². The maximum atomic E-state index is 13.4. The van der Waals surface area contributed by atoms with Crippen LogP contribution in [0.15, 0.2) is 71.0 Å². The largest absolute Gasteiger partial charge is 0.387 e. The SMILES string of the molecule is CC[C@H]1N=NNC(=O)[C@H](C)[C@H]2O[C@@H](c3ccccc3)O[C@H]([C@H]2C)[C@](C)(O)C[C@@H](C)[C@@H]2O[C@@H](c3ccccc3)O[C@H]([C@H]2C)[C@]1(C)O. The molecule has 0 aromatic heterocycles. The number of nitrogens with zero attached hydrogens (tertiary/aromatic N) is 2. The molecule has 3 heterocycles. The van der Waals surface area contributed by atoms with E-state index < -0.39 is 54.1 Å². The van der Waals surface area contributed by atoms with Crippen LogP contribution in [0.5, 0.6) is 0 Å². The first-order valence-corrected chi connectivity index (χ1v) is 16.2. The summed E-state index contributed by atoms with van der Waals surface area (Å²) in [5.74, 6) is -1.82. The zero-order valence-electron chi connectivity index (χ0n) is 27.4. The lowest BCUT2D eigenvalue weighted by molar-refractivity contribution is -0.324. The van der Waals surface area contributed by atoms with Gasteiger partial charge >= 0.3 is 0 Å². The van der Waals surface area contributed by atoms with Gasteiger partial charge in [0, 0.05) is 23.0 Å². The topological polar surface area (TPSA) is 131 Å². The Hall–Kier alpha value is -2.73. The van der Waals surface area contributed by atoms with E-state index in [9.17, 15) is 15.0 Å². The minimum Gasteiger partial charge on any atom is -0.387 e. The van der Waals surface area contributed by atoms with Crippen molar-refractivity contribution in [3.05, 3.63) is 71.8 Å². The second-order valence-corrected chi connectivity index (χ2v) is 13.7. The van der Waals surface area contributed by atoms with Gasteiger partial charge in [-0.1, -0.05) is 101 Å². The van der Waals surface area contributed by atoms with Gasteiger partial charge in [0.2, 0.25) is 5.91 Å². The first-order chi connectivity index (χ1) is 21.3. The molecule has 2 saturated heterocycles. The number of aliphatic hydroxyl groups is 2. The highest BCUT2D eigenvalue weighted by atomic mass is 16.7. The monoisotopic (exact) mass is 623 g/mol. The number of carbonyl (C=O) groups is 1. The minimum absolute atomic E-state index is 0.175. The van der Waals surface area contributed by atoms with Crippen molar-refractivity contribution in [2.45, 2.75) is 116 Å². The van der Waals surface area contributed by atoms with Crippen molar-refractivity contribution in [3.63, 3.8) is 0 Å². The average Bonchev–Trinajstić information content (AvgIpc) is 3.02. The van der Waals surface area contributed by atoms with Crippen molar-refractivity contribution in [1.29, 1.82) is 0 Å². The molecule has 45 heavy (non-hydrogen) atoms. The molecular weight excluding hydrogens is 574 g/mol. The summed E-state index contributed by atoms with van der Waals surface area (Å²) in [6.07, 6.45) is -3.06. The van der Waals surface area contributed by atoms with Crippen LogP contribution in [0.25, 0.3) is 0 Å². The Labute approximate surface area is 266 Å². The highest BCUT2D eigenvalue weighted by molar-refractivity contribution is 5.78. The summed E-state index contributed by atoms with van der Waals surface area (Å²) in [5.41, 5.74) is 1.43. The van der Waals surface area contributed by atoms with Crippen molar-refractivity contribution in [2.24, 2.45) is 34.0 Å². The Morgan fingerprint density at radius 2 is 1.31 bits per heavy atom. The van der Waals surface area contributed by atoms with E-state index in [1.165, 1.54) is 0 Å². The Kier molecular flexibility index (Phi) is 10.1. The van der Waals surface area contributed by atoms with Crippen molar-refractivity contribution < 1.29 is 34.0 Å². The van der Waals surface area contributed by atoms with Crippen LogP contribution < -0.4 is 5.43 Å². The van der Waals surface area contributed by atoms with Crippen molar-refractivity contribution in [3.8, 4) is 0 Å². The third-order valence-electron chi connectivity index (χ3n) is 10.0. The van der Waals surface area contributed by atoms with Crippen LogP contribution in [0.4, 0.5) is 0 Å². The third kappa shape index (κ3) is 6.87. The van der Waals surface area contributed by atoms with E-state index in [0.29, 0.717) is 12.8 Å². The lowest BCUT2D eigenvalue weighted by atomic mass is 9.72. The van der Waals surface area contributed by atoms with Gasteiger partial charge in [0.15, 0.2) is 12.6 Å². The van der Waals surface area contributed by atoms with Gasteiger partial charge in [0.25, 0.3) is 0 Å². The zero-order valence-corrected chi connectivity index (χ0v) is 27.4. The molecule has 0 unspecified atom stereocenters. The number of benzene rings is 2. The Balaban J connectivity index is 1.57. The standard InChI is InChI=1S/C35H49N3O7/c1-8-26-35(7,41)30-21(3)27(42-32(45-30)24-15-11-9-12-16-24)20(2)19-34(6,40)29-22(4)28(23(5)31(39)37-38-36-26)43-33(44-29)25-17-13-10-14-18-25/h9-18,20-23,26-30,32-33,40-41H,8,19H2,1-7H3,(H,36,37,39)/t20-,21+,22+,23-,26-,27+,28+,29-,30-,32-,33-,34-,35-/m1/s1. The maximum absolute atomic E-state index is 13.4. The fraction of sp³-hybridized carbons (Fsp3) is 0.629. The number of amides is 1. The van der Waals surface area contributed by atoms with Crippen LogP contribution in [-0.4, -0.2) is 57.8 Å². The van der Waals surface area contributed by atoms with E-state index in [0.717, 1.165) is 11.1 Å². The molecule has 2 aromatic rings. The molecule has 3 aliphatic heterocycles. The van der Waals surface area contributed by atoms with Gasteiger partial charge in [-0.25, -0.2) is 5.43 Å². The highest BCUT2D eigenvalue weighted by Gasteiger charge is 2.54. The molecule has 2 fully saturated rings. The molecule has 2 aromatic carbocycles. The van der Waals surface area contributed by atoms with Crippen LogP contribution in [0, 0.1) is 23.7 Å². The van der Waals surface area contributed by atoms with E-state index in [2.05, 4.69) is 22.7 Å². The second-order valence-electron chi connectivity index (χ2n) is 13.7. The fourth-order valence-electron chi connectivity index (χ4n) is 7.68. The minimum atomic E-state index is -1.46. The second kappa shape index (κ2) is 13.6. The fourth-order valence-corrected chi connectivity index (χ4v) is 7.68. The average molecular weight is 624 g/mol. The van der Waals surface area contributed by atoms with Gasteiger partial charge in [-0.2, -0.15) is 5.11 Å². The first-order valence-electron chi connectivity index (χ1n) is 16.2. The van der Waals surface area contributed by atoms with Crippen molar-refractivity contribution >= 4 is 5.91 Å². The molecule has 0 saturated carbocycles. The van der Waals surface area contributed by atoms with E-state index in [1.54, 1.807) is 20.8 Å². The smallest absolute Gasteiger partial charge is 0.246 e. The molecule has 10 heteroatoms. The van der Waals surface area contributed by atoms with Crippen LogP contribution in [0.1, 0.15) is 85.0 Å². The van der Waals surface area contributed by atoms with Gasteiger partial charge in [-0.15, -0.1) is 0 Å². The normalized spacial score (nSPS) is 43.0. The molecule has 0 radical (unpaired) electrons. The summed E-state index contributed by atoms with van der Waals surface area (Å²) < 4.78 is 26.2. The third-order valence-corrected chi connectivity index (χ3v) is 10.0. The summed E-state index contributed by atoms with van der Waals surface area (Å²) in [7, 11) is 0. The first kappa shape index (κ1) is 33.6. The van der Waals surface area contributed by atoms with Crippen LogP contribution in [-0.2, 0) is 23.7 Å². The molecular formula is C35H49N3O7. The lowest BCUT2D eigenvalue weighted by Gasteiger charge is -2.51. The molecule has 3 aliphatic rings. The number of ether oxygens (including phenoxy) is 4. The molecule has 0 spiro atoms. The summed E-state index contributed by atoms with van der Waals surface area (Å²) in [5, 5.41) is 32.8. The molecule has 1 amide bonds. The van der Waals surface area contributed by atoms with Crippen LogP contribution in [0.2, 0.25) is 0 Å². The predicted octanol–water partition coefficient (Wildman–Crippen LogP) is 5.66. The molecule has 5 rings (SSSR count). The summed E-state index contributed by atoms with van der Waals surface area (Å²) in [6, 6.07) is 18.5. The molecule has 0 aliphatic carbocycles. The molecule has 3 N–H and O–H groups in total. The number of rotatable bonds is 3. The summed E-state index contributed by atoms with van der Waals surface area (Å²) >= 11 is 0. The molecule has 10 nitrogen and oxygen atoms in total. The highest BCUT2D eigenvalue weighted by Crippen LogP contribution is 2.46. The van der Waals surface area contributed by atoms with E-state index in [4.69, 9.17) is 18.9 Å². The Bertz CT molecular complexity index is 1310. The number of carbonyl (C=O) groups excluding carboxylic acids is 1. The van der Waals surface area contributed by atoms with Crippen LogP contribution >= 0.6 is 0 Å². The summed E-state index contributed by atoms with van der Waals surface area (Å²) in [4.78, 5) is 13.4. The Morgan fingerprint density at radius 3 is 1.87 bits per heavy atom. The number of fused-ring (bicyclic) bond motifs is 4. The molecule has 4 bridgehead atoms. The maximum Gasteiger partial charge on any atom is 0.246 e. The number of hydrogen-bond donors (Lipinski definition) is 3. The number of nitrogens with one attached hydrogen (secondary N) is 1. The Morgan fingerprint density at radius 1 is 0.800 bits per heavy atom. The van der Waals surface area contributed by atoms with Gasteiger partial charge < -0.3 is 29.2 Å². The van der Waals surface area contributed by atoms with E-state index >= 15 is 0 Å².